The normalized spacial score (nSPS) is 11.1. The molecule has 0 atom stereocenters. The molecule has 148 valence electrons. The number of hydrogen-bond donors (Lipinski definition) is 2. The van der Waals surface area contributed by atoms with Gasteiger partial charge in [-0.1, -0.05) is 42.5 Å². The van der Waals surface area contributed by atoms with Crippen LogP contribution in [0.15, 0.2) is 77.9 Å². The van der Waals surface area contributed by atoms with Crippen molar-refractivity contribution in [3.05, 3.63) is 105 Å². The number of hydrazone groups is 1. The molecule has 1 aromatic heterocycles. The lowest BCUT2D eigenvalue weighted by molar-refractivity contribution is -0.385. The van der Waals surface area contributed by atoms with Gasteiger partial charge in [-0.05, 0) is 29.8 Å². The summed E-state index contributed by atoms with van der Waals surface area (Å²) >= 11 is 0. The Bertz CT molecular complexity index is 1250. The number of nitro groups is 1. The highest BCUT2D eigenvalue weighted by Gasteiger charge is 2.11. The monoisotopic (exact) mass is 399 g/mol. The zero-order valence-electron chi connectivity index (χ0n) is 15.8. The van der Waals surface area contributed by atoms with Crippen molar-refractivity contribution in [1.82, 2.24) is 15.4 Å². The van der Waals surface area contributed by atoms with Gasteiger partial charge in [0, 0.05) is 18.1 Å². The molecular weight excluding hydrogens is 382 g/mol. The quantitative estimate of drug-likeness (QED) is 0.291. The van der Waals surface area contributed by atoms with Gasteiger partial charge in [-0.2, -0.15) is 5.10 Å². The average molecular weight is 399 g/mol. The summed E-state index contributed by atoms with van der Waals surface area (Å²) in [6.07, 6.45) is 1.92. The molecule has 3 aromatic carbocycles. The van der Waals surface area contributed by atoms with E-state index in [-0.39, 0.29) is 5.69 Å². The first-order valence-electron chi connectivity index (χ1n) is 9.19. The molecule has 2 N–H and O–H groups in total. The van der Waals surface area contributed by atoms with Gasteiger partial charge in [0.05, 0.1) is 27.7 Å². The third-order valence-electron chi connectivity index (χ3n) is 4.51. The van der Waals surface area contributed by atoms with Gasteiger partial charge in [-0.25, -0.2) is 10.4 Å². The molecule has 1 heterocycles. The minimum atomic E-state index is -0.498. The van der Waals surface area contributed by atoms with E-state index in [4.69, 9.17) is 0 Å². The summed E-state index contributed by atoms with van der Waals surface area (Å²) in [4.78, 5) is 30.7. The van der Waals surface area contributed by atoms with Crippen molar-refractivity contribution in [3.63, 3.8) is 0 Å². The smallest absolute Gasteiger partial charge is 0.278 e. The summed E-state index contributed by atoms with van der Waals surface area (Å²) in [5.74, 6) is 0.383. The van der Waals surface area contributed by atoms with E-state index in [0.29, 0.717) is 17.5 Å². The molecule has 0 fully saturated rings. The van der Waals surface area contributed by atoms with Gasteiger partial charge >= 0.3 is 0 Å². The topological polar surface area (TPSA) is 113 Å². The van der Waals surface area contributed by atoms with Crippen LogP contribution in [0.2, 0.25) is 0 Å². The fraction of sp³-hybridized carbons (Fsp3) is 0.0455. The van der Waals surface area contributed by atoms with Crippen molar-refractivity contribution < 1.29 is 9.72 Å². The number of fused-ring (bicyclic) bond motifs is 1. The van der Waals surface area contributed by atoms with Gasteiger partial charge in [-0.15, -0.1) is 0 Å². The average Bonchev–Trinajstić information content (AvgIpc) is 3.16. The zero-order chi connectivity index (χ0) is 20.9. The SMILES string of the molecule is O=C(N/N=C\c1ccccc1[N+](=O)[O-])c1ccc2nc(Cc3ccccc3)[nH]c2c1. The van der Waals surface area contributed by atoms with Gasteiger partial charge in [0.15, 0.2) is 0 Å². The van der Waals surface area contributed by atoms with Crippen LogP contribution < -0.4 is 5.43 Å². The van der Waals surface area contributed by atoms with E-state index < -0.39 is 10.8 Å². The molecule has 30 heavy (non-hydrogen) atoms. The van der Waals surface area contributed by atoms with Crippen molar-refractivity contribution in [1.29, 1.82) is 0 Å². The number of imidazole rings is 1. The van der Waals surface area contributed by atoms with Crippen molar-refractivity contribution in [2.45, 2.75) is 6.42 Å². The summed E-state index contributed by atoms with van der Waals surface area (Å²) in [7, 11) is 0. The van der Waals surface area contributed by atoms with Crippen LogP contribution in [0.4, 0.5) is 5.69 Å². The maximum Gasteiger partial charge on any atom is 0.278 e. The highest BCUT2D eigenvalue weighted by molar-refractivity contribution is 5.98. The van der Waals surface area contributed by atoms with Crippen molar-refractivity contribution >= 4 is 28.8 Å². The molecule has 0 radical (unpaired) electrons. The number of amides is 1. The second-order valence-electron chi connectivity index (χ2n) is 6.59. The Kier molecular flexibility index (Phi) is 5.29. The number of nitrogens with zero attached hydrogens (tertiary/aromatic N) is 3. The Balaban J connectivity index is 1.48. The number of hydrogen-bond acceptors (Lipinski definition) is 5. The maximum absolute atomic E-state index is 12.4. The molecule has 0 saturated carbocycles. The first-order valence-corrected chi connectivity index (χ1v) is 9.19. The number of aromatic nitrogens is 2. The molecular formula is C22H17N5O3. The van der Waals surface area contributed by atoms with Crippen LogP contribution >= 0.6 is 0 Å². The number of benzene rings is 3. The zero-order valence-corrected chi connectivity index (χ0v) is 15.8. The molecule has 0 aliphatic rings. The number of aromatic amines is 1. The third kappa shape index (κ3) is 4.22. The van der Waals surface area contributed by atoms with Crippen LogP contribution in [0, 0.1) is 10.1 Å². The van der Waals surface area contributed by atoms with Crippen LogP contribution in [-0.4, -0.2) is 27.0 Å². The van der Waals surface area contributed by atoms with Crippen LogP contribution in [0.25, 0.3) is 11.0 Å². The van der Waals surface area contributed by atoms with E-state index in [9.17, 15) is 14.9 Å². The summed E-state index contributed by atoms with van der Waals surface area (Å²) in [6.45, 7) is 0. The molecule has 0 aliphatic carbocycles. The molecule has 8 heteroatoms. The summed E-state index contributed by atoms with van der Waals surface area (Å²) in [6, 6.07) is 21.3. The first kappa shape index (κ1) is 19.0. The molecule has 4 rings (SSSR count). The van der Waals surface area contributed by atoms with E-state index in [1.165, 1.54) is 12.3 Å². The fourth-order valence-corrected chi connectivity index (χ4v) is 3.06. The standard InChI is InChI=1S/C22H17N5O3/c28-22(26-23-14-17-8-4-5-9-20(17)27(29)30)16-10-11-18-19(13-16)25-21(24-18)12-15-6-2-1-3-7-15/h1-11,13-14H,12H2,(H,24,25)(H,26,28)/b23-14-. The highest BCUT2D eigenvalue weighted by atomic mass is 16.6. The van der Waals surface area contributed by atoms with E-state index in [1.54, 1.807) is 36.4 Å². The lowest BCUT2D eigenvalue weighted by Crippen LogP contribution is -2.17. The molecule has 0 spiro atoms. The maximum atomic E-state index is 12.4. The lowest BCUT2D eigenvalue weighted by Gasteiger charge is -2.00. The Morgan fingerprint density at radius 2 is 1.87 bits per heavy atom. The minimum Gasteiger partial charge on any atom is -0.342 e. The molecule has 1 amide bonds. The van der Waals surface area contributed by atoms with Crippen LogP contribution in [0.1, 0.15) is 27.3 Å². The Labute approximate surface area is 171 Å². The molecule has 4 aromatic rings. The van der Waals surface area contributed by atoms with E-state index >= 15 is 0 Å². The number of rotatable bonds is 6. The molecule has 8 nitrogen and oxygen atoms in total. The van der Waals surface area contributed by atoms with Crippen LogP contribution in [0.3, 0.4) is 0 Å². The van der Waals surface area contributed by atoms with Crippen LogP contribution in [-0.2, 0) is 6.42 Å². The van der Waals surface area contributed by atoms with Gasteiger partial charge in [0.25, 0.3) is 11.6 Å². The lowest BCUT2D eigenvalue weighted by atomic mass is 10.1. The molecule has 0 saturated heterocycles. The summed E-state index contributed by atoms with van der Waals surface area (Å²) in [5, 5.41) is 14.9. The Hall–Kier alpha value is -4.33. The second kappa shape index (κ2) is 8.36. The number of H-pyrrole nitrogens is 1. The van der Waals surface area contributed by atoms with Crippen molar-refractivity contribution in [2.75, 3.05) is 0 Å². The van der Waals surface area contributed by atoms with Gasteiger partial charge in [-0.3, -0.25) is 14.9 Å². The largest absolute Gasteiger partial charge is 0.342 e. The second-order valence-corrected chi connectivity index (χ2v) is 6.59. The number of para-hydroxylation sites is 1. The van der Waals surface area contributed by atoms with Gasteiger partial charge < -0.3 is 4.98 Å². The van der Waals surface area contributed by atoms with Gasteiger partial charge in [0.2, 0.25) is 0 Å². The Morgan fingerprint density at radius 1 is 1.10 bits per heavy atom. The van der Waals surface area contributed by atoms with E-state index in [2.05, 4.69) is 20.5 Å². The van der Waals surface area contributed by atoms with Gasteiger partial charge in [0.1, 0.15) is 5.82 Å². The number of carbonyl (C=O) groups excluding carboxylic acids is 1. The molecule has 0 aliphatic heterocycles. The third-order valence-corrected chi connectivity index (χ3v) is 4.51. The molecule has 0 unspecified atom stereocenters. The molecule has 0 bridgehead atoms. The predicted molar refractivity (Wildman–Crippen MR) is 113 cm³/mol. The van der Waals surface area contributed by atoms with Crippen molar-refractivity contribution in [3.8, 4) is 0 Å². The van der Waals surface area contributed by atoms with Crippen LogP contribution in [0.5, 0.6) is 0 Å². The number of nitrogens with one attached hydrogen (secondary N) is 2. The van der Waals surface area contributed by atoms with Crippen molar-refractivity contribution in [2.24, 2.45) is 5.10 Å². The van der Waals surface area contributed by atoms with E-state index in [0.717, 1.165) is 22.4 Å². The summed E-state index contributed by atoms with van der Waals surface area (Å²) in [5.41, 5.74) is 5.67. The summed E-state index contributed by atoms with van der Waals surface area (Å²) < 4.78 is 0. The van der Waals surface area contributed by atoms with E-state index in [1.807, 2.05) is 30.3 Å². The number of carbonyl (C=O) groups is 1. The highest BCUT2D eigenvalue weighted by Crippen LogP contribution is 2.17. The minimum absolute atomic E-state index is 0.0830. The first-order chi connectivity index (χ1) is 14.6. The number of nitro benzene ring substituents is 1. The Morgan fingerprint density at radius 3 is 2.67 bits per heavy atom. The fourth-order valence-electron chi connectivity index (χ4n) is 3.06. The predicted octanol–water partition coefficient (Wildman–Crippen LogP) is 3.83.